The van der Waals surface area contributed by atoms with Crippen LogP contribution in [0, 0.1) is 0 Å². The van der Waals surface area contributed by atoms with Crippen LogP contribution in [0.2, 0.25) is 0 Å². The van der Waals surface area contributed by atoms with Gasteiger partial charge in [-0.3, -0.25) is 9.78 Å². The number of hydrogen-bond acceptors (Lipinski definition) is 3. The molecule has 2 rings (SSSR count). The molecule has 0 saturated carbocycles. The maximum absolute atomic E-state index is 11.4. The molecule has 1 aliphatic heterocycles. The summed E-state index contributed by atoms with van der Waals surface area (Å²) >= 11 is 0. The lowest BCUT2D eigenvalue weighted by Crippen LogP contribution is -2.18. The van der Waals surface area contributed by atoms with E-state index in [1.165, 1.54) is 0 Å². The van der Waals surface area contributed by atoms with Gasteiger partial charge in [0.1, 0.15) is 0 Å². The first-order valence-electron chi connectivity index (χ1n) is 3.75. The highest BCUT2D eigenvalue weighted by molar-refractivity contribution is 5.95. The van der Waals surface area contributed by atoms with Crippen molar-refractivity contribution in [3.63, 3.8) is 0 Å². The van der Waals surface area contributed by atoms with E-state index in [1.54, 1.807) is 29.4 Å². The maximum atomic E-state index is 11.4. The van der Waals surface area contributed by atoms with Gasteiger partial charge in [-0.2, -0.15) is 0 Å². The molecule has 1 saturated heterocycles. The molecule has 0 bridgehead atoms. The van der Waals surface area contributed by atoms with Gasteiger partial charge in [-0.25, -0.2) is 0 Å². The summed E-state index contributed by atoms with van der Waals surface area (Å²) in [5.74, 6) is -0.0319. The number of aromatic nitrogens is 1. The second kappa shape index (κ2) is 2.57. The smallest absolute Gasteiger partial charge is 0.256 e. The second-order valence-electron chi connectivity index (χ2n) is 2.77. The molecule has 1 amide bonds. The maximum Gasteiger partial charge on any atom is 0.256 e. The summed E-state index contributed by atoms with van der Waals surface area (Å²) in [4.78, 5) is 16.9. The first-order valence-corrected chi connectivity index (χ1v) is 3.75. The number of nitrogens with two attached hydrogens (primary N) is 1. The number of rotatable bonds is 1. The summed E-state index contributed by atoms with van der Waals surface area (Å²) in [7, 11) is 0. The van der Waals surface area contributed by atoms with Gasteiger partial charge in [0.05, 0.1) is 18.3 Å². The number of carbonyl (C=O) groups is 1. The first kappa shape index (κ1) is 7.24. The molecule has 2 heterocycles. The minimum absolute atomic E-state index is 0.0319. The van der Waals surface area contributed by atoms with E-state index in [0.717, 1.165) is 0 Å². The van der Waals surface area contributed by atoms with Crippen molar-refractivity contribution in [2.45, 2.75) is 6.17 Å². The third kappa shape index (κ3) is 1.16. The predicted octanol–water partition coefficient (Wildman–Crippen LogP) is -0.178. The molecule has 1 atom stereocenters. The normalized spacial score (nSPS) is 20.8. The Hall–Kier alpha value is -1.42. The van der Waals surface area contributed by atoms with E-state index in [0.29, 0.717) is 12.1 Å². The van der Waals surface area contributed by atoms with Gasteiger partial charge in [0.25, 0.3) is 5.91 Å². The van der Waals surface area contributed by atoms with Crippen molar-refractivity contribution in [2.24, 2.45) is 5.73 Å². The van der Waals surface area contributed by atoms with Crippen LogP contribution in [-0.2, 0) is 0 Å². The van der Waals surface area contributed by atoms with E-state index in [1.807, 2.05) is 0 Å². The predicted molar refractivity (Wildman–Crippen MR) is 43.2 cm³/mol. The minimum Gasteiger partial charge on any atom is -0.318 e. The van der Waals surface area contributed by atoms with Gasteiger partial charge in [-0.1, -0.05) is 0 Å². The largest absolute Gasteiger partial charge is 0.318 e. The quantitative estimate of drug-likeness (QED) is 0.584. The molecule has 0 aromatic carbocycles. The van der Waals surface area contributed by atoms with E-state index >= 15 is 0 Å². The van der Waals surface area contributed by atoms with Gasteiger partial charge < -0.3 is 10.6 Å². The van der Waals surface area contributed by atoms with Crippen molar-refractivity contribution in [1.82, 2.24) is 9.88 Å². The zero-order chi connectivity index (χ0) is 8.55. The van der Waals surface area contributed by atoms with E-state index in [9.17, 15) is 4.79 Å². The summed E-state index contributed by atoms with van der Waals surface area (Å²) in [6.45, 7) is 0.660. The molecular weight excluding hydrogens is 154 g/mol. The number of carbonyl (C=O) groups excluding carboxylic acids is 1. The van der Waals surface area contributed by atoms with Crippen LogP contribution in [0.4, 0.5) is 0 Å². The van der Waals surface area contributed by atoms with Crippen molar-refractivity contribution < 1.29 is 4.79 Å². The zero-order valence-electron chi connectivity index (χ0n) is 6.47. The van der Waals surface area contributed by atoms with Crippen molar-refractivity contribution >= 4 is 5.91 Å². The van der Waals surface area contributed by atoms with Crippen LogP contribution in [0.15, 0.2) is 24.5 Å². The molecule has 62 valence electrons. The van der Waals surface area contributed by atoms with Crippen LogP contribution >= 0.6 is 0 Å². The number of pyridine rings is 1. The van der Waals surface area contributed by atoms with Crippen molar-refractivity contribution in [3.8, 4) is 0 Å². The summed E-state index contributed by atoms with van der Waals surface area (Å²) in [5.41, 5.74) is 6.09. The average molecular weight is 163 g/mol. The molecule has 0 spiro atoms. The van der Waals surface area contributed by atoms with Crippen LogP contribution in [0.3, 0.4) is 0 Å². The Morgan fingerprint density at radius 1 is 1.75 bits per heavy atom. The first-order chi connectivity index (χ1) is 5.79. The highest BCUT2D eigenvalue weighted by Crippen LogP contribution is 2.15. The van der Waals surface area contributed by atoms with Gasteiger partial charge in [0, 0.05) is 12.4 Å². The Kier molecular flexibility index (Phi) is 1.55. The summed E-state index contributed by atoms with van der Waals surface area (Å²) in [5, 5.41) is 0. The molecule has 4 heteroatoms. The van der Waals surface area contributed by atoms with Gasteiger partial charge in [0.2, 0.25) is 0 Å². The molecule has 0 radical (unpaired) electrons. The molecule has 0 aliphatic carbocycles. The lowest BCUT2D eigenvalue weighted by atomic mass is 10.3. The number of amides is 1. The highest BCUT2D eigenvalue weighted by atomic mass is 16.2. The second-order valence-corrected chi connectivity index (χ2v) is 2.77. The lowest BCUT2D eigenvalue weighted by molar-refractivity contribution is 0.0874. The molecule has 1 aliphatic rings. The summed E-state index contributed by atoms with van der Waals surface area (Å²) in [6, 6.07) is 3.47. The summed E-state index contributed by atoms with van der Waals surface area (Å²) in [6.07, 6.45) is 3.10. The summed E-state index contributed by atoms with van der Waals surface area (Å²) < 4.78 is 0. The van der Waals surface area contributed by atoms with E-state index in [4.69, 9.17) is 5.73 Å². The Labute approximate surface area is 70.0 Å². The molecule has 1 aromatic heterocycles. The van der Waals surface area contributed by atoms with Crippen molar-refractivity contribution in [3.05, 3.63) is 30.1 Å². The minimum atomic E-state index is -0.0855. The van der Waals surface area contributed by atoms with Crippen LogP contribution in [0.5, 0.6) is 0 Å². The van der Waals surface area contributed by atoms with Gasteiger partial charge >= 0.3 is 0 Å². The molecule has 12 heavy (non-hydrogen) atoms. The van der Waals surface area contributed by atoms with Gasteiger partial charge in [-0.05, 0) is 12.1 Å². The molecule has 1 fully saturated rings. The molecule has 1 aromatic rings. The number of nitrogens with zero attached hydrogens (tertiary/aromatic N) is 2. The van der Waals surface area contributed by atoms with Crippen LogP contribution in [0.1, 0.15) is 10.4 Å². The molecular formula is C8H9N3O. The van der Waals surface area contributed by atoms with Gasteiger partial charge in [-0.15, -0.1) is 0 Å². The van der Waals surface area contributed by atoms with Crippen LogP contribution < -0.4 is 5.73 Å². The van der Waals surface area contributed by atoms with Crippen molar-refractivity contribution in [2.75, 3.05) is 6.54 Å². The third-order valence-electron chi connectivity index (χ3n) is 1.82. The fraction of sp³-hybridized carbons (Fsp3) is 0.250. The van der Waals surface area contributed by atoms with E-state index in [-0.39, 0.29) is 12.1 Å². The Balaban J connectivity index is 2.16. The monoisotopic (exact) mass is 163 g/mol. The average Bonchev–Trinajstić information content (AvgIpc) is 2.83. The topological polar surface area (TPSA) is 59.0 Å². The van der Waals surface area contributed by atoms with Crippen LogP contribution in [0.25, 0.3) is 0 Å². The Bertz CT molecular complexity index is 298. The van der Waals surface area contributed by atoms with Crippen molar-refractivity contribution in [1.29, 1.82) is 0 Å². The fourth-order valence-corrected chi connectivity index (χ4v) is 1.04. The Morgan fingerprint density at radius 2 is 2.50 bits per heavy atom. The standard InChI is InChI=1S/C8H9N3O/c9-7-5-11(7)8(12)6-2-1-3-10-4-6/h1-4,7H,5,9H2. The molecule has 4 nitrogen and oxygen atoms in total. The van der Waals surface area contributed by atoms with E-state index < -0.39 is 0 Å². The fourth-order valence-electron chi connectivity index (χ4n) is 1.04. The SMILES string of the molecule is NC1CN1C(=O)c1cccnc1. The lowest BCUT2D eigenvalue weighted by Gasteiger charge is -2.00. The van der Waals surface area contributed by atoms with Crippen LogP contribution in [-0.4, -0.2) is 28.5 Å². The zero-order valence-corrected chi connectivity index (χ0v) is 6.47. The Morgan fingerprint density at radius 3 is 3.00 bits per heavy atom. The third-order valence-corrected chi connectivity index (χ3v) is 1.82. The highest BCUT2D eigenvalue weighted by Gasteiger charge is 2.35. The van der Waals surface area contributed by atoms with Gasteiger partial charge in [0.15, 0.2) is 0 Å². The molecule has 2 N–H and O–H groups in total. The van der Waals surface area contributed by atoms with E-state index in [2.05, 4.69) is 4.98 Å². The molecule has 1 unspecified atom stereocenters. The number of hydrogen-bond donors (Lipinski definition) is 1.